The van der Waals surface area contributed by atoms with Crippen LogP contribution in [0.1, 0.15) is 11.1 Å². The summed E-state index contributed by atoms with van der Waals surface area (Å²) in [5.74, 6) is 1.28. The fraction of sp³-hybridized carbons (Fsp3) is 0.385. The number of likely N-dealkylation sites (tertiary alicyclic amines) is 1. The lowest BCUT2D eigenvalue weighted by atomic mass is 10.2. The predicted molar refractivity (Wildman–Crippen MR) is 69.9 cm³/mol. The SMILES string of the molecule is N#Cc1ccc(CSCC(=O)N2CC(O)C2)cc1. The molecule has 0 spiro atoms. The van der Waals surface area contributed by atoms with E-state index in [1.54, 1.807) is 28.8 Å². The van der Waals surface area contributed by atoms with Gasteiger partial charge in [0.1, 0.15) is 0 Å². The van der Waals surface area contributed by atoms with Crippen molar-refractivity contribution in [3.63, 3.8) is 0 Å². The molecule has 2 rings (SSSR count). The average Bonchev–Trinajstić information content (AvgIpc) is 2.35. The maximum Gasteiger partial charge on any atom is 0.232 e. The van der Waals surface area contributed by atoms with Gasteiger partial charge >= 0.3 is 0 Å². The van der Waals surface area contributed by atoms with Gasteiger partial charge in [0.15, 0.2) is 0 Å². The van der Waals surface area contributed by atoms with E-state index in [-0.39, 0.29) is 12.0 Å². The first-order valence-corrected chi connectivity index (χ1v) is 6.87. The minimum Gasteiger partial charge on any atom is -0.389 e. The third-order valence-electron chi connectivity index (χ3n) is 2.79. The number of hydrogen-bond donors (Lipinski definition) is 1. The van der Waals surface area contributed by atoms with Crippen LogP contribution in [0.3, 0.4) is 0 Å². The topological polar surface area (TPSA) is 64.3 Å². The molecule has 0 saturated carbocycles. The van der Waals surface area contributed by atoms with Crippen molar-refractivity contribution in [2.45, 2.75) is 11.9 Å². The smallest absolute Gasteiger partial charge is 0.232 e. The second kappa shape index (κ2) is 5.89. The van der Waals surface area contributed by atoms with Gasteiger partial charge in [-0.05, 0) is 17.7 Å². The predicted octanol–water partition coefficient (Wildman–Crippen LogP) is 0.995. The Balaban J connectivity index is 1.71. The number of nitrogens with zero attached hydrogens (tertiary/aromatic N) is 2. The molecule has 1 amide bonds. The number of carbonyl (C=O) groups is 1. The number of hydrogen-bond acceptors (Lipinski definition) is 4. The number of β-amino-alcohol motifs (C(OH)–C–C–N with tert-alkyl or cyclic N) is 1. The van der Waals surface area contributed by atoms with Gasteiger partial charge < -0.3 is 10.0 Å². The molecule has 0 aliphatic carbocycles. The zero-order valence-corrected chi connectivity index (χ0v) is 10.7. The standard InChI is InChI=1S/C13H14N2O2S/c14-5-10-1-3-11(4-2-10)8-18-9-13(17)15-6-12(16)7-15/h1-4,12,16H,6-9H2. The number of benzene rings is 1. The van der Waals surface area contributed by atoms with Gasteiger partial charge in [0.25, 0.3) is 0 Å². The Labute approximate surface area is 110 Å². The number of aliphatic hydroxyl groups is 1. The van der Waals surface area contributed by atoms with E-state index in [0.717, 1.165) is 11.3 Å². The molecule has 1 aromatic rings. The maximum absolute atomic E-state index is 11.6. The highest BCUT2D eigenvalue weighted by Crippen LogP contribution is 2.15. The normalized spacial score (nSPS) is 15.0. The van der Waals surface area contributed by atoms with Crippen LogP contribution in [-0.4, -0.2) is 40.9 Å². The van der Waals surface area contributed by atoms with E-state index in [0.29, 0.717) is 24.4 Å². The lowest BCUT2D eigenvalue weighted by Gasteiger charge is -2.35. The molecule has 1 aliphatic rings. The molecule has 1 aliphatic heterocycles. The van der Waals surface area contributed by atoms with Gasteiger partial charge in [-0.15, -0.1) is 11.8 Å². The van der Waals surface area contributed by atoms with Crippen LogP contribution >= 0.6 is 11.8 Å². The van der Waals surface area contributed by atoms with Crippen molar-refractivity contribution in [3.05, 3.63) is 35.4 Å². The van der Waals surface area contributed by atoms with Crippen molar-refractivity contribution in [1.82, 2.24) is 4.90 Å². The summed E-state index contributed by atoms with van der Waals surface area (Å²) in [6.45, 7) is 0.937. The highest BCUT2D eigenvalue weighted by molar-refractivity contribution is 7.99. The van der Waals surface area contributed by atoms with Crippen LogP contribution in [0.5, 0.6) is 0 Å². The first-order chi connectivity index (χ1) is 8.69. The molecule has 94 valence electrons. The van der Waals surface area contributed by atoms with Crippen molar-refractivity contribution in [1.29, 1.82) is 5.26 Å². The summed E-state index contributed by atoms with van der Waals surface area (Å²) in [4.78, 5) is 13.3. The number of carbonyl (C=O) groups excluding carboxylic acids is 1. The summed E-state index contributed by atoms with van der Waals surface area (Å²) in [6, 6.07) is 9.45. The van der Waals surface area contributed by atoms with Crippen LogP contribution in [-0.2, 0) is 10.5 Å². The lowest BCUT2D eigenvalue weighted by molar-refractivity contribution is -0.138. The van der Waals surface area contributed by atoms with E-state index < -0.39 is 0 Å². The van der Waals surface area contributed by atoms with Gasteiger partial charge in [-0.1, -0.05) is 12.1 Å². The molecule has 1 N–H and O–H groups in total. The number of aliphatic hydroxyl groups excluding tert-OH is 1. The molecule has 0 unspecified atom stereocenters. The van der Waals surface area contributed by atoms with Crippen LogP contribution in [0.15, 0.2) is 24.3 Å². The molecular formula is C13H14N2O2S. The van der Waals surface area contributed by atoms with Gasteiger partial charge in [-0.3, -0.25) is 4.79 Å². The summed E-state index contributed by atoms with van der Waals surface area (Å²) < 4.78 is 0. The zero-order valence-electron chi connectivity index (χ0n) is 9.87. The molecule has 1 heterocycles. The molecular weight excluding hydrogens is 248 g/mol. The summed E-state index contributed by atoms with van der Waals surface area (Å²) >= 11 is 1.55. The van der Waals surface area contributed by atoms with E-state index in [1.807, 2.05) is 12.1 Å². The van der Waals surface area contributed by atoms with Crippen LogP contribution in [0.25, 0.3) is 0 Å². The fourth-order valence-electron chi connectivity index (χ4n) is 1.68. The third kappa shape index (κ3) is 3.25. The minimum atomic E-state index is -0.336. The summed E-state index contributed by atoms with van der Waals surface area (Å²) in [7, 11) is 0. The molecule has 0 bridgehead atoms. The maximum atomic E-state index is 11.6. The Morgan fingerprint density at radius 3 is 2.67 bits per heavy atom. The van der Waals surface area contributed by atoms with Crippen LogP contribution in [0.4, 0.5) is 0 Å². The molecule has 18 heavy (non-hydrogen) atoms. The Hall–Kier alpha value is -1.51. The fourth-order valence-corrected chi connectivity index (χ4v) is 2.57. The Morgan fingerprint density at radius 1 is 1.44 bits per heavy atom. The molecule has 0 atom stereocenters. The molecule has 1 saturated heterocycles. The van der Waals surface area contributed by atoms with Crippen LogP contribution < -0.4 is 0 Å². The second-order valence-electron chi connectivity index (χ2n) is 4.25. The van der Waals surface area contributed by atoms with Crippen molar-refractivity contribution >= 4 is 17.7 Å². The highest BCUT2D eigenvalue weighted by atomic mass is 32.2. The van der Waals surface area contributed by atoms with Crippen LogP contribution in [0, 0.1) is 11.3 Å². The number of rotatable bonds is 4. The summed E-state index contributed by atoms with van der Waals surface area (Å²) in [6.07, 6.45) is -0.336. The van der Waals surface area contributed by atoms with E-state index >= 15 is 0 Å². The molecule has 0 radical (unpaired) electrons. The van der Waals surface area contributed by atoms with Gasteiger partial charge in [-0.25, -0.2) is 0 Å². The second-order valence-corrected chi connectivity index (χ2v) is 5.24. The Kier molecular flexibility index (Phi) is 4.24. The van der Waals surface area contributed by atoms with Crippen molar-refractivity contribution in [3.8, 4) is 6.07 Å². The summed E-state index contributed by atoms with van der Waals surface area (Å²) in [5, 5.41) is 17.8. The van der Waals surface area contributed by atoms with Crippen LogP contribution in [0.2, 0.25) is 0 Å². The van der Waals surface area contributed by atoms with Crippen molar-refractivity contribution in [2.75, 3.05) is 18.8 Å². The third-order valence-corrected chi connectivity index (χ3v) is 3.78. The highest BCUT2D eigenvalue weighted by Gasteiger charge is 2.28. The number of thioether (sulfide) groups is 1. The van der Waals surface area contributed by atoms with Gasteiger partial charge in [0, 0.05) is 18.8 Å². The van der Waals surface area contributed by atoms with Gasteiger partial charge in [-0.2, -0.15) is 5.26 Å². The summed E-state index contributed by atoms with van der Waals surface area (Å²) in [5.41, 5.74) is 1.75. The molecule has 1 aromatic carbocycles. The first kappa shape index (κ1) is 12.9. The number of amides is 1. The quantitative estimate of drug-likeness (QED) is 0.879. The Morgan fingerprint density at radius 2 is 2.11 bits per heavy atom. The van der Waals surface area contributed by atoms with E-state index in [9.17, 15) is 4.79 Å². The monoisotopic (exact) mass is 262 g/mol. The van der Waals surface area contributed by atoms with E-state index in [4.69, 9.17) is 10.4 Å². The molecule has 4 nitrogen and oxygen atoms in total. The van der Waals surface area contributed by atoms with Crippen molar-refractivity contribution in [2.24, 2.45) is 0 Å². The van der Waals surface area contributed by atoms with Gasteiger partial charge in [0.05, 0.1) is 23.5 Å². The molecule has 5 heteroatoms. The first-order valence-electron chi connectivity index (χ1n) is 5.71. The number of nitriles is 1. The largest absolute Gasteiger partial charge is 0.389 e. The minimum absolute atomic E-state index is 0.0824. The lowest BCUT2D eigenvalue weighted by Crippen LogP contribution is -2.54. The molecule has 1 fully saturated rings. The average molecular weight is 262 g/mol. The molecule has 0 aromatic heterocycles. The van der Waals surface area contributed by atoms with Gasteiger partial charge in [0.2, 0.25) is 5.91 Å². The Bertz CT molecular complexity index is 461. The van der Waals surface area contributed by atoms with Crippen molar-refractivity contribution < 1.29 is 9.90 Å². The van der Waals surface area contributed by atoms with E-state index in [2.05, 4.69) is 6.07 Å². The zero-order chi connectivity index (χ0) is 13.0. The van der Waals surface area contributed by atoms with E-state index in [1.165, 1.54) is 0 Å².